The van der Waals surface area contributed by atoms with Crippen LogP contribution >= 0.6 is 23.2 Å². The van der Waals surface area contributed by atoms with Crippen molar-refractivity contribution in [1.82, 2.24) is 4.98 Å². The maximum atomic E-state index is 10.1. The zero-order valence-electron chi connectivity index (χ0n) is 8.98. The molecule has 0 bridgehead atoms. The van der Waals surface area contributed by atoms with Crippen LogP contribution in [0.1, 0.15) is 17.2 Å². The molecule has 0 aliphatic heterocycles. The van der Waals surface area contributed by atoms with Gasteiger partial charge in [-0.05, 0) is 23.8 Å². The number of halogens is 2. The number of aliphatic hydroxyl groups is 1. The molecule has 1 N–H and O–H groups in total. The number of nitrogens with zero attached hydrogens (tertiary/aromatic N) is 1. The summed E-state index contributed by atoms with van der Waals surface area (Å²) >= 11 is 12.0. The van der Waals surface area contributed by atoms with E-state index in [1.165, 1.54) is 0 Å². The second-order valence-corrected chi connectivity index (χ2v) is 4.50. The van der Waals surface area contributed by atoms with Gasteiger partial charge < -0.3 is 5.11 Å². The second kappa shape index (κ2) is 5.50. The first-order valence-corrected chi connectivity index (χ1v) is 5.95. The van der Waals surface area contributed by atoms with Gasteiger partial charge >= 0.3 is 0 Å². The Morgan fingerprint density at radius 2 is 1.82 bits per heavy atom. The molecule has 0 aliphatic rings. The number of rotatable bonds is 3. The molecule has 0 saturated heterocycles. The van der Waals surface area contributed by atoms with E-state index in [9.17, 15) is 5.11 Å². The van der Waals surface area contributed by atoms with Crippen LogP contribution in [-0.4, -0.2) is 10.1 Å². The molecular weight excluding hydrogens is 257 g/mol. The molecule has 2 nitrogen and oxygen atoms in total. The van der Waals surface area contributed by atoms with Gasteiger partial charge in [-0.1, -0.05) is 35.3 Å². The normalized spacial score (nSPS) is 12.4. The van der Waals surface area contributed by atoms with Crippen LogP contribution < -0.4 is 0 Å². The number of benzene rings is 1. The van der Waals surface area contributed by atoms with Crippen LogP contribution in [0.15, 0.2) is 42.7 Å². The van der Waals surface area contributed by atoms with E-state index in [1.807, 2.05) is 12.1 Å². The van der Waals surface area contributed by atoms with Crippen molar-refractivity contribution < 1.29 is 5.11 Å². The van der Waals surface area contributed by atoms with Crippen molar-refractivity contribution in [2.45, 2.75) is 12.5 Å². The van der Waals surface area contributed by atoms with Crippen molar-refractivity contribution in [3.63, 3.8) is 0 Å². The van der Waals surface area contributed by atoms with E-state index in [-0.39, 0.29) is 0 Å². The lowest BCUT2D eigenvalue weighted by Gasteiger charge is -2.13. The van der Waals surface area contributed by atoms with Crippen LogP contribution in [0.5, 0.6) is 0 Å². The Labute approximate surface area is 110 Å². The number of aliphatic hydroxyl groups excluding tert-OH is 1. The minimum Gasteiger partial charge on any atom is -0.388 e. The van der Waals surface area contributed by atoms with E-state index >= 15 is 0 Å². The summed E-state index contributed by atoms with van der Waals surface area (Å²) in [7, 11) is 0. The van der Waals surface area contributed by atoms with Gasteiger partial charge in [-0.2, -0.15) is 0 Å². The van der Waals surface area contributed by atoms with E-state index in [0.29, 0.717) is 22.0 Å². The summed E-state index contributed by atoms with van der Waals surface area (Å²) in [5.74, 6) is 0. The van der Waals surface area contributed by atoms with Crippen LogP contribution in [0.3, 0.4) is 0 Å². The van der Waals surface area contributed by atoms with Crippen molar-refractivity contribution in [1.29, 1.82) is 0 Å². The van der Waals surface area contributed by atoms with Crippen LogP contribution in [0, 0.1) is 0 Å². The summed E-state index contributed by atoms with van der Waals surface area (Å²) in [6, 6.07) is 8.98. The third kappa shape index (κ3) is 2.97. The minimum atomic E-state index is -0.663. The Morgan fingerprint density at radius 3 is 2.53 bits per heavy atom. The fraction of sp³-hybridized carbons (Fsp3) is 0.154. The van der Waals surface area contributed by atoms with E-state index in [0.717, 1.165) is 5.56 Å². The topological polar surface area (TPSA) is 33.1 Å². The van der Waals surface area contributed by atoms with Crippen LogP contribution in [0.2, 0.25) is 10.0 Å². The molecule has 2 rings (SSSR count). The molecule has 0 aliphatic carbocycles. The summed E-state index contributed by atoms with van der Waals surface area (Å²) < 4.78 is 0. The summed E-state index contributed by atoms with van der Waals surface area (Å²) in [4.78, 5) is 3.93. The molecule has 17 heavy (non-hydrogen) atoms. The maximum Gasteiger partial charge on any atom is 0.0845 e. The fourth-order valence-corrected chi connectivity index (χ4v) is 2.06. The van der Waals surface area contributed by atoms with Gasteiger partial charge in [0.1, 0.15) is 0 Å². The van der Waals surface area contributed by atoms with Gasteiger partial charge in [0.15, 0.2) is 0 Å². The molecule has 1 atom stereocenters. The van der Waals surface area contributed by atoms with Gasteiger partial charge in [0.05, 0.1) is 16.1 Å². The lowest BCUT2D eigenvalue weighted by atomic mass is 10.0. The highest BCUT2D eigenvalue weighted by atomic mass is 35.5. The van der Waals surface area contributed by atoms with Gasteiger partial charge in [-0.15, -0.1) is 0 Å². The Hall–Kier alpha value is -1.09. The summed E-state index contributed by atoms with van der Waals surface area (Å²) in [6.45, 7) is 0. The number of pyridine rings is 1. The van der Waals surface area contributed by atoms with E-state index in [4.69, 9.17) is 23.2 Å². The van der Waals surface area contributed by atoms with Crippen LogP contribution in [0.25, 0.3) is 0 Å². The Bertz CT molecular complexity index is 502. The minimum absolute atomic E-state index is 0.413. The van der Waals surface area contributed by atoms with E-state index in [2.05, 4.69) is 4.98 Å². The third-order valence-electron chi connectivity index (χ3n) is 2.52. The second-order valence-electron chi connectivity index (χ2n) is 3.72. The van der Waals surface area contributed by atoms with Crippen molar-refractivity contribution in [2.24, 2.45) is 0 Å². The monoisotopic (exact) mass is 267 g/mol. The molecule has 0 fully saturated rings. The van der Waals surface area contributed by atoms with Crippen molar-refractivity contribution in [2.75, 3.05) is 0 Å². The van der Waals surface area contributed by atoms with Gasteiger partial charge in [0.25, 0.3) is 0 Å². The molecule has 0 amide bonds. The lowest BCUT2D eigenvalue weighted by molar-refractivity contribution is 0.178. The zero-order valence-corrected chi connectivity index (χ0v) is 10.5. The number of aromatic nitrogens is 1. The lowest BCUT2D eigenvalue weighted by Crippen LogP contribution is -2.02. The molecule has 0 radical (unpaired) electrons. The largest absolute Gasteiger partial charge is 0.388 e. The van der Waals surface area contributed by atoms with Crippen molar-refractivity contribution in [3.05, 3.63) is 63.9 Å². The summed E-state index contributed by atoms with van der Waals surface area (Å²) in [5, 5.41) is 11.0. The average Bonchev–Trinajstić information content (AvgIpc) is 2.34. The Kier molecular flexibility index (Phi) is 4.00. The van der Waals surface area contributed by atoms with E-state index in [1.54, 1.807) is 30.6 Å². The van der Waals surface area contributed by atoms with Crippen molar-refractivity contribution >= 4 is 23.2 Å². The molecule has 1 heterocycles. The van der Waals surface area contributed by atoms with Gasteiger partial charge in [0.2, 0.25) is 0 Å². The molecular formula is C13H11Cl2NO. The molecule has 0 saturated carbocycles. The fourth-order valence-electron chi connectivity index (χ4n) is 1.63. The Morgan fingerprint density at radius 1 is 1.12 bits per heavy atom. The highest BCUT2D eigenvalue weighted by molar-refractivity contribution is 6.42. The highest BCUT2D eigenvalue weighted by Crippen LogP contribution is 2.31. The quantitative estimate of drug-likeness (QED) is 0.921. The summed E-state index contributed by atoms with van der Waals surface area (Å²) in [6.07, 6.45) is 3.22. The molecule has 2 aromatic rings. The number of hydrogen-bond donors (Lipinski definition) is 1. The average molecular weight is 268 g/mol. The van der Waals surface area contributed by atoms with Crippen molar-refractivity contribution in [3.8, 4) is 0 Å². The smallest absolute Gasteiger partial charge is 0.0845 e. The van der Waals surface area contributed by atoms with Gasteiger partial charge in [-0.3, -0.25) is 4.98 Å². The molecule has 1 aromatic heterocycles. The molecule has 0 spiro atoms. The summed E-state index contributed by atoms with van der Waals surface area (Å²) in [5.41, 5.74) is 1.65. The Balaban J connectivity index is 2.20. The number of hydrogen-bond acceptors (Lipinski definition) is 2. The zero-order chi connectivity index (χ0) is 12.3. The van der Waals surface area contributed by atoms with E-state index < -0.39 is 6.10 Å². The molecule has 1 unspecified atom stereocenters. The SMILES string of the molecule is OC(Cc1ccncc1)c1cccc(Cl)c1Cl. The first-order chi connectivity index (χ1) is 8.18. The van der Waals surface area contributed by atoms with Gasteiger partial charge in [-0.25, -0.2) is 0 Å². The predicted molar refractivity (Wildman–Crippen MR) is 69.4 cm³/mol. The molecule has 1 aromatic carbocycles. The van der Waals surface area contributed by atoms with Gasteiger partial charge in [0, 0.05) is 24.4 Å². The first kappa shape index (κ1) is 12.4. The first-order valence-electron chi connectivity index (χ1n) is 5.19. The highest BCUT2D eigenvalue weighted by Gasteiger charge is 2.13. The molecule has 4 heteroatoms. The maximum absolute atomic E-state index is 10.1. The van der Waals surface area contributed by atoms with Crippen LogP contribution in [-0.2, 0) is 6.42 Å². The predicted octanol–water partition coefficient (Wildman–Crippen LogP) is 3.66. The molecule has 88 valence electrons. The van der Waals surface area contributed by atoms with Crippen LogP contribution in [0.4, 0.5) is 0 Å². The standard InChI is InChI=1S/C13H11Cl2NO/c14-11-3-1-2-10(13(11)15)12(17)8-9-4-6-16-7-5-9/h1-7,12,17H,8H2. The third-order valence-corrected chi connectivity index (χ3v) is 3.35.